The van der Waals surface area contributed by atoms with Gasteiger partial charge in [0.2, 0.25) is 5.91 Å². The van der Waals surface area contributed by atoms with Gasteiger partial charge in [-0.15, -0.1) is 0 Å². The molecular weight excluding hydrogens is 274 g/mol. The van der Waals surface area contributed by atoms with Crippen LogP contribution in [0.2, 0.25) is 0 Å². The van der Waals surface area contributed by atoms with Gasteiger partial charge < -0.3 is 21.1 Å². The van der Waals surface area contributed by atoms with Crippen LogP contribution in [0.25, 0.3) is 0 Å². The highest BCUT2D eigenvalue weighted by Gasteiger charge is 2.42. The van der Waals surface area contributed by atoms with Crippen LogP contribution in [-0.4, -0.2) is 41.1 Å². The number of aliphatic carboxylic acids is 1. The predicted octanol–water partition coefficient (Wildman–Crippen LogP) is 0.598. The summed E-state index contributed by atoms with van der Waals surface area (Å²) in [5.41, 5.74) is -1.16. The van der Waals surface area contributed by atoms with Crippen LogP contribution < -0.4 is 16.0 Å². The molecule has 0 spiro atoms. The molecule has 2 rings (SSSR count). The van der Waals surface area contributed by atoms with E-state index in [1.54, 1.807) is 0 Å². The summed E-state index contributed by atoms with van der Waals surface area (Å²) in [7, 11) is 0. The number of carbonyl (C=O) groups excluding carboxylic acids is 2. The third-order valence-electron chi connectivity index (χ3n) is 4.48. The van der Waals surface area contributed by atoms with Crippen molar-refractivity contribution >= 4 is 17.9 Å². The molecule has 0 aromatic rings. The van der Waals surface area contributed by atoms with Crippen LogP contribution >= 0.6 is 0 Å². The summed E-state index contributed by atoms with van der Waals surface area (Å²) in [6, 6.07) is -0.538. The minimum atomic E-state index is -1.16. The van der Waals surface area contributed by atoms with E-state index in [-0.39, 0.29) is 11.9 Å². The molecule has 1 saturated heterocycles. The lowest BCUT2D eigenvalue weighted by molar-refractivity contribution is -0.146. The van der Waals surface area contributed by atoms with Crippen molar-refractivity contribution in [2.24, 2.45) is 5.92 Å². The standard InChI is InChI=1S/C14H23N3O4/c1-9-4-6-14(7-5-9,12(19)20)17-13(21)15-8-10-2-3-11(18)16-10/h9-10H,2-8H2,1H3,(H,16,18)(H,19,20)(H2,15,17,21). The molecule has 1 aliphatic carbocycles. The highest BCUT2D eigenvalue weighted by molar-refractivity contribution is 5.86. The van der Waals surface area contributed by atoms with Gasteiger partial charge in [0.1, 0.15) is 5.54 Å². The van der Waals surface area contributed by atoms with Crippen LogP contribution in [0.4, 0.5) is 4.79 Å². The topological polar surface area (TPSA) is 108 Å². The number of carbonyl (C=O) groups is 3. The Morgan fingerprint density at radius 3 is 2.52 bits per heavy atom. The quantitative estimate of drug-likeness (QED) is 0.609. The van der Waals surface area contributed by atoms with Gasteiger partial charge in [-0.1, -0.05) is 6.92 Å². The van der Waals surface area contributed by atoms with E-state index in [1.807, 2.05) is 0 Å². The molecule has 1 saturated carbocycles. The number of urea groups is 1. The van der Waals surface area contributed by atoms with E-state index in [0.717, 1.165) is 12.8 Å². The Morgan fingerprint density at radius 1 is 1.33 bits per heavy atom. The molecule has 1 aliphatic heterocycles. The number of rotatable bonds is 4. The fourth-order valence-corrected chi connectivity index (χ4v) is 2.96. The second kappa shape index (κ2) is 6.32. The molecule has 4 N–H and O–H groups in total. The fourth-order valence-electron chi connectivity index (χ4n) is 2.96. The first kappa shape index (κ1) is 15.6. The van der Waals surface area contributed by atoms with Crippen LogP contribution in [0.3, 0.4) is 0 Å². The van der Waals surface area contributed by atoms with Crippen molar-refractivity contribution in [3.05, 3.63) is 0 Å². The van der Waals surface area contributed by atoms with Crippen molar-refractivity contribution in [2.45, 2.75) is 57.0 Å². The van der Waals surface area contributed by atoms with Crippen molar-refractivity contribution in [1.82, 2.24) is 16.0 Å². The Kier molecular flexibility index (Phi) is 4.69. The number of nitrogens with one attached hydrogen (secondary N) is 3. The molecule has 0 aromatic carbocycles. The number of amides is 3. The molecular formula is C14H23N3O4. The first-order valence-electron chi connectivity index (χ1n) is 7.50. The van der Waals surface area contributed by atoms with Gasteiger partial charge in [0.05, 0.1) is 0 Å². The zero-order valence-corrected chi connectivity index (χ0v) is 12.3. The zero-order valence-electron chi connectivity index (χ0n) is 12.3. The average Bonchev–Trinajstić information content (AvgIpc) is 2.85. The van der Waals surface area contributed by atoms with Crippen LogP contribution in [0.1, 0.15) is 45.4 Å². The Bertz CT molecular complexity index is 430. The van der Waals surface area contributed by atoms with Crippen LogP contribution in [0, 0.1) is 5.92 Å². The molecule has 0 bridgehead atoms. The third-order valence-corrected chi connectivity index (χ3v) is 4.48. The monoisotopic (exact) mass is 297 g/mol. The number of hydrogen-bond acceptors (Lipinski definition) is 3. The van der Waals surface area contributed by atoms with Crippen molar-refractivity contribution in [3.63, 3.8) is 0 Å². The molecule has 2 fully saturated rings. The van der Waals surface area contributed by atoms with Crippen molar-refractivity contribution in [1.29, 1.82) is 0 Å². The van der Waals surface area contributed by atoms with Crippen LogP contribution in [-0.2, 0) is 9.59 Å². The minimum Gasteiger partial charge on any atom is -0.480 e. The first-order chi connectivity index (χ1) is 9.91. The van der Waals surface area contributed by atoms with Gasteiger partial charge in [0.25, 0.3) is 0 Å². The Morgan fingerprint density at radius 2 is 2.00 bits per heavy atom. The molecule has 0 aromatic heterocycles. The third kappa shape index (κ3) is 3.86. The molecule has 1 unspecified atom stereocenters. The normalized spacial score (nSPS) is 32.3. The average molecular weight is 297 g/mol. The summed E-state index contributed by atoms with van der Waals surface area (Å²) in [5, 5.41) is 17.5. The van der Waals surface area contributed by atoms with E-state index in [4.69, 9.17) is 0 Å². The van der Waals surface area contributed by atoms with E-state index < -0.39 is 17.5 Å². The SMILES string of the molecule is CC1CCC(NC(=O)NCC2CCC(=O)N2)(C(=O)O)CC1. The maximum Gasteiger partial charge on any atom is 0.329 e. The van der Waals surface area contributed by atoms with Crippen LogP contribution in [0.15, 0.2) is 0 Å². The molecule has 1 heterocycles. The number of hydrogen-bond donors (Lipinski definition) is 4. The Labute approximate surface area is 123 Å². The highest BCUT2D eigenvalue weighted by Crippen LogP contribution is 2.32. The van der Waals surface area contributed by atoms with E-state index >= 15 is 0 Å². The number of carboxylic acid groups (broad SMARTS) is 1. The van der Waals surface area contributed by atoms with Gasteiger partial charge in [0, 0.05) is 19.0 Å². The van der Waals surface area contributed by atoms with Gasteiger partial charge in [-0.2, -0.15) is 0 Å². The lowest BCUT2D eigenvalue weighted by Crippen LogP contribution is -2.59. The van der Waals surface area contributed by atoms with Crippen molar-refractivity contribution < 1.29 is 19.5 Å². The number of carboxylic acids is 1. The van der Waals surface area contributed by atoms with Gasteiger partial charge in [-0.3, -0.25) is 4.79 Å². The predicted molar refractivity (Wildman–Crippen MR) is 75.7 cm³/mol. The van der Waals surface area contributed by atoms with Crippen LogP contribution in [0.5, 0.6) is 0 Å². The Hall–Kier alpha value is -1.79. The van der Waals surface area contributed by atoms with E-state index in [0.29, 0.717) is 38.1 Å². The Balaban J connectivity index is 1.84. The molecule has 2 aliphatic rings. The summed E-state index contributed by atoms with van der Waals surface area (Å²) in [6.45, 7) is 2.41. The highest BCUT2D eigenvalue weighted by atomic mass is 16.4. The van der Waals surface area contributed by atoms with Crippen molar-refractivity contribution in [3.8, 4) is 0 Å². The minimum absolute atomic E-state index is 0.00881. The largest absolute Gasteiger partial charge is 0.480 e. The first-order valence-corrected chi connectivity index (χ1v) is 7.50. The summed E-state index contributed by atoms with van der Waals surface area (Å²) >= 11 is 0. The molecule has 7 nitrogen and oxygen atoms in total. The summed E-state index contributed by atoms with van der Waals surface area (Å²) in [4.78, 5) is 34.5. The molecule has 118 valence electrons. The second-order valence-corrected chi connectivity index (χ2v) is 6.21. The fraction of sp³-hybridized carbons (Fsp3) is 0.786. The summed E-state index contributed by atoms with van der Waals surface area (Å²) in [5.74, 6) is -0.486. The van der Waals surface area contributed by atoms with Gasteiger partial charge in [-0.05, 0) is 38.0 Å². The van der Waals surface area contributed by atoms with Gasteiger partial charge in [0.15, 0.2) is 0 Å². The second-order valence-electron chi connectivity index (χ2n) is 6.21. The van der Waals surface area contributed by atoms with Gasteiger partial charge >= 0.3 is 12.0 Å². The summed E-state index contributed by atoms with van der Waals surface area (Å²) in [6.07, 6.45) is 3.68. The van der Waals surface area contributed by atoms with Gasteiger partial charge in [-0.25, -0.2) is 9.59 Å². The van der Waals surface area contributed by atoms with Crippen molar-refractivity contribution in [2.75, 3.05) is 6.54 Å². The molecule has 0 radical (unpaired) electrons. The van der Waals surface area contributed by atoms with E-state index in [1.165, 1.54) is 0 Å². The maximum atomic E-state index is 11.9. The zero-order chi connectivity index (χ0) is 15.5. The molecule has 7 heteroatoms. The summed E-state index contributed by atoms with van der Waals surface area (Å²) < 4.78 is 0. The van der Waals surface area contributed by atoms with E-state index in [9.17, 15) is 19.5 Å². The smallest absolute Gasteiger partial charge is 0.329 e. The molecule has 1 atom stereocenters. The molecule has 3 amide bonds. The maximum absolute atomic E-state index is 11.9. The lowest BCUT2D eigenvalue weighted by atomic mass is 9.77. The van der Waals surface area contributed by atoms with E-state index in [2.05, 4.69) is 22.9 Å². The lowest BCUT2D eigenvalue weighted by Gasteiger charge is -2.36. The molecule has 21 heavy (non-hydrogen) atoms.